The van der Waals surface area contributed by atoms with Gasteiger partial charge in [-0.05, 0) is 32.1 Å². The molecule has 0 aromatic heterocycles. The van der Waals surface area contributed by atoms with Gasteiger partial charge in [0.05, 0.1) is 0 Å². The van der Waals surface area contributed by atoms with Gasteiger partial charge in [0.15, 0.2) is 0 Å². The van der Waals surface area contributed by atoms with E-state index in [9.17, 15) is 4.79 Å². The van der Waals surface area contributed by atoms with Crippen LogP contribution in [-0.4, -0.2) is 5.78 Å². The second-order valence-electron chi connectivity index (χ2n) is 3.70. The Hall–Kier alpha value is -0.590. The number of carbonyl (C=O) groups is 1. The zero-order chi connectivity index (χ0) is 8.97. The third-order valence-corrected chi connectivity index (χ3v) is 2.49. The molecule has 68 valence electrons. The number of carbonyl (C=O) groups excluding carboxylic acids is 1. The van der Waals surface area contributed by atoms with Crippen molar-refractivity contribution in [1.29, 1.82) is 0 Å². The standard InChI is InChI=1S/C11H18O/c1-3-9(2)5-4-6-11(12)10-7-8-10/h10H,2-8H2,1H3. The molecule has 1 rings (SSSR count). The van der Waals surface area contributed by atoms with Gasteiger partial charge in [-0.3, -0.25) is 4.79 Å². The first-order valence-electron chi connectivity index (χ1n) is 4.93. The van der Waals surface area contributed by atoms with Crippen LogP contribution in [0.1, 0.15) is 45.4 Å². The molecule has 0 spiro atoms. The lowest BCUT2D eigenvalue weighted by Gasteiger charge is -2.00. The Morgan fingerprint density at radius 1 is 1.42 bits per heavy atom. The largest absolute Gasteiger partial charge is 0.299 e. The Morgan fingerprint density at radius 3 is 2.58 bits per heavy atom. The summed E-state index contributed by atoms with van der Waals surface area (Å²) in [7, 11) is 0. The molecular weight excluding hydrogens is 148 g/mol. The van der Waals surface area contributed by atoms with Crippen LogP contribution >= 0.6 is 0 Å². The van der Waals surface area contributed by atoms with E-state index in [-0.39, 0.29) is 0 Å². The fraction of sp³-hybridized carbons (Fsp3) is 0.727. The van der Waals surface area contributed by atoms with E-state index in [1.54, 1.807) is 0 Å². The Kier molecular flexibility index (Phi) is 3.51. The van der Waals surface area contributed by atoms with Gasteiger partial charge in [-0.15, -0.1) is 0 Å². The molecule has 0 atom stereocenters. The van der Waals surface area contributed by atoms with Crippen LogP contribution in [-0.2, 0) is 4.79 Å². The summed E-state index contributed by atoms with van der Waals surface area (Å²) in [6, 6.07) is 0. The molecule has 1 fully saturated rings. The molecule has 1 nitrogen and oxygen atoms in total. The summed E-state index contributed by atoms with van der Waals surface area (Å²) < 4.78 is 0. The molecule has 1 aliphatic carbocycles. The highest BCUT2D eigenvalue weighted by atomic mass is 16.1. The summed E-state index contributed by atoms with van der Waals surface area (Å²) in [6.45, 7) is 6.04. The maximum atomic E-state index is 11.2. The van der Waals surface area contributed by atoms with Crippen molar-refractivity contribution in [2.45, 2.75) is 45.4 Å². The van der Waals surface area contributed by atoms with E-state index < -0.39 is 0 Å². The van der Waals surface area contributed by atoms with Gasteiger partial charge in [0, 0.05) is 12.3 Å². The molecule has 1 aliphatic rings. The summed E-state index contributed by atoms with van der Waals surface area (Å²) >= 11 is 0. The van der Waals surface area contributed by atoms with Gasteiger partial charge in [-0.25, -0.2) is 0 Å². The smallest absolute Gasteiger partial charge is 0.135 e. The first kappa shape index (κ1) is 9.50. The third-order valence-electron chi connectivity index (χ3n) is 2.49. The second-order valence-corrected chi connectivity index (χ2v) is 3.70. The minimum Gasteiger partial charge on any atom is -0.299 e. The molecule has 0 heterocycles. The number of hydrogen-bond acceptors (Lipinski definition) is 1. The van der Waals surface area contributed by atoms with E-state index in [4.69, 9.17) is 0 Å². The topological polar surface area (TPSA) is 17.1 Å². The maximum Gasteiger partial charge on any atom is 0.135 e. The predicted molar refractivity (Wildman–Crippen MR) is 51.0 cm³/mol. The van der Waals surface area contributed by atoms with E-state index >= 15 is 0 Å². The average Bonchev–Trinajstić information content (AvgIpc) is 2.86. The van der Waals surface area contributed by atoms with Crippen LogP contribution in [0.5, 0.6) is 0 Å². The fourth-order valence-electron chi connectivity index (χ4n) is 1.30. The molecular formula is C11H18O. The van der Waals surface area contributed by atoms with Crippen LogP contribution in [0, 0.1) is 5.92 Å². The van der Waals surface area contributed by atoms with Crippen molar-refractivity contribution in [2.24, 2.45) is 5.92 Å². The molecule has 0 unspecified atom stereocenters. The summed E-state index contributed by atoms with van der Waals surface area (Å²) in [5.74, 6) is 0.929. The Balaban J connectivity index is 2.01. The third kappa shape index (κ3) is 3.21. The molecule has 0 aromatic rings. The highest BCUT2D eigenvalue weighted by Crippen LogP contribution is 2.31. The molecule has 0 amide bonds. The number of Topliss-reactive ketones (excluding diaryl/α,β-unsaturated/α-hetero) is 1. The van der Waals surface area contributed by atoms with Crippen LogP contribution in [0.3, 0.4) is 0 Å². The lowest BCUT2D eigenvalue weighted by atomic mass is 10.0. The number of allylic oxidation sites excluding steroid dienone is 1. The van der Waals surface area contributed by atoms with Crippen LogP contribution < -0.4 is 0 Å². The Labute approximate surface area is 74.9 Å². The summed E-state index contributed by atoms with van der Waals surface area (Å²) in [4.78, 5) is 11.2. The molecule has 0 bridgehead atoms. The SMILES string of the molecule is C=C(CC)CCCC(=O)C1CC1. The van der Waals surface area contributed by atoms with Crippen molar-refractivity contribution in [1.82, 2.24) is 0 Å². The summed E-state index contributed by atoms with van der Waals surface area (Å²) in [6.07, 6.45) is 6.18. The van der Waals surface area contributed by atoms with Crippen LogP contribution in [0.15, 0.2) is 12.2 Å². The number of hydrogen-bond donors (Lipinski definition) is 0. The van der Waals surface area contributed by atoms with E-state index in [0.29, 0.717) is 11.7 Å². The highest BCUT2D eigenvalue weighted by Gasteiger charge is 2.28. The monoisotopic (exact) mass is 166 g/mol. The summed E-state index contributed by atoms with van der Waals surface area (Å²) in [5, 5.41) is 0. The zero-order valence-electron chi connectivity index (χ0n) is 7.94. The van der Waals surface area contributed by atoms with Crippen molar-refractivity contribution >= 4 is 5.78 Å². The molecule has 0 radical (unpaired) electrons. The van der Waals surface area contributed by atoms with Gasteiger partial charge in [0.2, 0.25) is 0 Å². The zero-order valence-corrected chi connectivity index (χ0v) is 7.94. The quantitative estimate of drug-likeness (QED) is 0.554. The summed E-state index contributed by atoms with van der Waals surface area (Å²) in [5.41, 5.74) is 1.28. The normalized spacial score (nSPS) is 16.1. The maximum absolute atomic E-state index is 11.2. The van der Waals surface area contributed by atoms with Crippen LogP contribution in [0.4, 0.5) is 0 Å². The van der Waals surface area contributed by atoms with Gasteiger partial charge in [-0.1, -0.05) is 19.1 Å². The van der Waals surface area contributed by atoms with E-state index in [2.05, 4.69) is 13.5 Å². The molecule has 12 heavy (non-hydrogen) atoms. The van der Waals surface area contributed by atoms with Crippen LogP contribution in [0.2, 0.25) is 0 Å². The average molecular weight is 166 g/mol. The fourth-order valence-corrected chi connectivity index (χ4v) is 1.30. The van der Waals surface area contributed by atoms with Gasteiger partial charge in [-0.2, -0.15) is 0 Å². The van der Waals surface area contributed by atoms with E-state index in [1.165, 1.54) is 5.57 Å². The molecule has 0 aliphatic heterocycles. The van der Waals surface area contributed by atoms with Crippen molar-refractivity contribution < 1.29 is 4.79 Å². The predicted octanol–water partition coefficient (Wildman–Crippen LogP) is 3.10. The van der Waals surface area contributed by atoms with Gasteiger partial charge >= 0.3 is 0 Å². The molecule has 0 aromatic carbocycles. The first-order chi connectivity index (χ1) is 5.74. The number of rotatable bonds is 6. The highest BCUT2D eigenvalue weighted by molar-refractivity contribution is 5.83. The van der Waals surface area contributed by atoms with Crippen molar-refractivity contribution in [3.05, 3.63) is 12.2 Å². The van der Waals surface area contributed by atoms with Crippen molar-refractivity contribution in [2.75, 3.05) is 0 Å². The lowest BCUT2D eigenvalue weighted by Crippen LogP contribution is -1.99. The minimum atomic E-state index is 0.444. The Bertz CT molecular complexity index is 177. The molecule has 1 saturated carbocycles. The van der Waals surface area contributed by atoms with Gasteiger partial charge in [0.25, 0.3) is 0 Å². The second kappa shape index (κ2) is 4.44. The molecule has 0 saturated heterocycles. The molecule has 0 N–H and O–H groups in total. The van der Waals surface area contributed by atoms with Crippen LogP contribution in [0.25, 0.3) is 0 Å². The first-order valence-corrected chi connectivity index (χ1v) is 4.93. The number of ketones is 1. The molecule has 1 heteroatoms. The lowest BCUT2D eigenvalue weighted by molar-refractivity contribution is -0.120. The van der Waals surface area contributed by atoms with E-state index in [1.807, 2.05) is 0 Å². The van der Waals surface area contributed by atoms with Crippen molar-refractivity contribution in [3.63, 3.8) is 0 Å². The van der Waals surface area contributed by atoms with Gasteiger partial charge < -0.3 is 0 Å². The van der Waals surface area contributed by atoms with Gasteiger partial charge in [0.1, 0.15) is 5.78 Å². The minimum absolute atomic E-state index is 0.444. The van der Waals surface area contributed by atoms with E-state index in [0.717, 1.165) is 38.5 Å². The Morgan fingerprint density at radius 2 is 2.08 bits per heavy atom. The van der Waals surface area contributed by atoms with Crippen molar-refractivity contribution in [3.8, 4) is 0 Å².